The van der Waals surface area contributed by atoms with Gasteiger partial charge in [-0.3, -0.25) is 9.69 Å². The molecule has 2 aliphatic rings. The lowest BCUT2D eigenvalue weighted by Crippen LogP contribution is -2.63. The highest BCUT2D eigenvalue weighted by atomic mass is 16.3. The van der Waals surface area contributed by atoms with Crippen LogP contribution in [0.15, 0.2) is 54.9 Å². The van der Waals surface area contributed by atoms with E-state index >= 15 is 0 Å². The maximum Gasteiger partial charge on any atom is 0.239 e. The van der Waals surface area contributed by atoms with E-state index < -0.39 is 5.60 Å². The van der Waals surface area contributed by atoms with Gasteiger partial charge in [-0.1, -0.05) is 42.0 Å². The highest BCUT2D eigenvalue weighted by Gasteiger charge is 2.40. The van der Waals surface area contributed by atoms with E-state index in [4.69, 9.17) is 0 Å². The smallest absolute Gasteiger partial charge is 0.239 e. The van der Waals surface area contributed by atoms with Crippen molar-refractivity contribution < 1.29 is 9.90 Å². The first-order valence-corrected chi connectivity index (χ1v) is 11.8. The number of likely N-dealkylation sites (tertiary alicyclic amines) is 1. The molecule has 0 bridgehead atoms. The molecule has 1 saturated carbocycles. The highest BCUT2D eigenvalue weighted by Crippen LogP contribution is 2.39. The summed E-state index contributed by atoms with van der Waals surface area (Å²) in [7, 11) is 0. The Hall–Kier alpha value is -3.03. The van der Waals surface area contributed by atoms with E-state index in [0.29, 0.717) is 11.9 Å². The minimum atomic E-state index is -0.703. The van der Waals surface area contributed by atoms with Crippen molar-refractivity contribution in [1.29, 1.82) is 0 Å². The van der Waals surface area contributed by atoms with Crippen LogP contribution < -0.4 is 10.6 Å². The molecule has 7 nitrogen and oxygen atoms in total. The molecular formula is C26H31N5O2. The van der Waals surface area contributed by atoms with Gasteiger partial charge in [-0.15, -0.1) is 0 Å². The molecule has 0 spiro atoms. The van der Waals surface area contributed by atoms with Gasteiger partial charge in [0.05, 0.1) is 23.7 Å². The van der Waals surface area contributed by atoms with E-state index in [2.05, 4.69) is 25.5 Å². The van der Waals surface area contributed by atoms with Crippen LogP contribution in [-0.4, -0.2) is 57.6 Å². The van der Waals surface area contributed by atoms with E-state index in [0.717, 1.165) is 60.8 Å². The Kier molecular flexibility index (Phi) is 6.00. The fraction of sp³-hybridized carbons (Fsp3) is 0.423. The number of amides is 1. The lowest BCUT2D eigenvalue weighted by molar-refractivity contribution is -0.121. The molecule has 2 aromatic carbocycles. The predicted molar refractivity (Wildman–Crippen MR) is 129 cm³/mol. The largest absolute Gasteiger partial charge is 0.385 e. The van der Waals surface area contributed by atoms with Gasteiger partial charge in [-0.05, 0) is 50.3 Å². The molecule has 1 aromatic heterocycles. The number of carbonyl (C=O) groups is 1. The number of hydrogen-bond acceptors (Lipinski definition) is 6. The normalized spacial score (nSPS) is 23.8. The number of carbonyl (C=O) groups excluding carboxylic acids is 1. The lowest BCUT2D eigenvalue weighted by atomic mass is 9.76. The molecule has 0 unspecified atom stereocenters. The Labute approximate surface area is 194 Å². The van der Waals surface area contributed by atoms with Gasteiger partial charge >= 0.3 is 0 Å². The molecule has 3 N–H and O–H groups in total. The Morgan fingerprint density at radius 2 is 1.88 bits per heavy atom. The van der Waals surface area contributed by atoms with Crippen LogP contribution in [0.2, 0.25) is 0 Å². The first-order chi connectivity index (χ1) is 16.0. The summed E-state index contributed by atoms with van der Waals surface area (Å²) in [6.07, 6.45) is 5.05. The van der Waals surface area contributed by atoms with Gasteiger partial charge in [0.2, 0.25) is 5.91 Å². The minimum absolute atomic E-state index is 0.0267. The number of hydrogen-bond donors (Lipinski definition) is 3. The van der Waals surface area contributed by atoms with E-state index in [-0.39, 0.29) is 18.5 Å². The van der Waals surface area contributed by atoms with E-state index in [9.17, 15) is 9.90 Å². The van der Waals surface area contributed by atoms with Crippen LogP contribution in [0.4, 0.5) is 5.82 Å². The van der Waals surface area contributed by atoms with Crippen LogP contribution in [0.25, 0.3) is 10.9 Å². The van der Waals surface area contributed by atoms with Crippen molar-refractivity contribution in [3.63, 3.8) is 0 Å². The highest BCUT2D eigenvalue weighted by molar-refractivity contribution is 5.91. The molecule has 7 heteroatoms. The number of rotatable bonds is 6. The maximum atomic E-state index is 12.5. The van der Waals surface area contributed by atoms with Crippen molar-refractivity contribution in [3.05, 3.63) is 66.0 Å². The summed E-state index contributed by atoms with van der Waals surface area (Å²) in [6, 6.07) is 16.7. The summed E-state index contributed by atoms with van der Waals surface area (Å²) in [4.78, 5) is 23.5. The van der Waals surface area contributed by atoms with E-state index in [1.54, 1.807) is 0 Å². The summed E-state index contributed by atoms with van der Waals surface area (Å²) in [5, 5.41) is 18.3. The van der Waals surface area contributed by atoms with Gasteiger partial charge in [0, 0.05) is 24.5 Å². The van der Waals surface area contributed by atoms with Crippen molar-refractivity contribution in [2.24, 2.45) is 0 Å². The number of fused-ring (bicyclic) bond motifs is 1. The minimum Gasteiger partial charge on any atom is -0.385 e. The van der Waals surface area contributed by atoms with Gasteiger partial charge in [0.25, 0.3) is 0 Å². The predicted octanol–water partition coefficient (Wildman–Crippen LogP) is 2.98. The zero-order valence-electron chi connectivity index (χ0n) is 19.0. The number of nitrogens with zero attached hydrogens (tertiary/aromatic N) is 3. The third-order valence-electron chi connectivity index (χ3n) is 7.09. The second-order valence-corrected chi connectivity index (χ2v) is 9.44. The Balaban J connectivity index is 1.07. The molecule has 2 fully saturated rings. The van der Waals surface area contributed by atoms with Crippen LogP contribution in [-0.2, 0) is 10.4 Å². The van der Waals surface area contributed by atoms with Gasteiger partial charge in [0.15, 0.2) is 0 Å². The Morgan fingerprint density at radius 1 is 1.12 bits per heavy atom. The van der Waals surface area contributed by atoms with Gasteiger partial charge in [-0.2, -0.15) is 0 Å². The fourth-order valence-corrected chi connectivity index (χ4v) is 5.14. The van der Waals surface area contributed by atoms with Crippen molar-refractivity contribution in [3.8, 4) is 0 Å². The summed E-state index contributed by atoms with van der Waals surface area (Å²) < 4.78 is 0. The maximum absolute atomic E-state index is 12.5. The number of benzene rings is 2. The van der Waals surface area contributed by atoms with Crippen LogP contribution in [0.3, 0.4) is 0 Å². The molecule has 1 amide bonds. The average Bonchev–Trinajstić information content (AvgIpc) is 2.81. The Morgan fingerprint density at radius 3 is 2.64 bits per heavy atom. The molecule has 2 heterocycles. The second-order valence-electron chi connectivity index (χ2n) is 9.44. The second kappa shape index (κ2) is 9.08. The first-order valence-electron chi connectivity index (χ1n) is 11.8. The van der Waals surface area contributed by atoms with Crippen LogP contribution in [0.5, 0.6) is 0 Å². The molecule has 1 aliphatic carbocycles. The zero-order chi connectivity index (χ0) is 22.8. The third kappa shape index (κ3) is 4.70. The van der Waals surface area contributed by atoms with E-state index in [1.165, 1.54) is 6.33 Å². The molecule has 5 rings (SSSR count). The van der Waals surface area contributed by atoms with Gasteiger partial charge in [-0.25, -0.2) is 9.97 Å². The van der Waals surface area contributed by atoms with Crippen LogP contribution in [0.1, 0.15) is 36.8 Å². The average molecular weight is 446 g/mol. The summed E-state index contributed by atoms with van der Waals surface area (Å²) in [5.74, 6) is 0.656. The van der Waals surface area contributed by atoms with E-state index in [1.807, 2.05) is 55.5 Å². The first kappa shape index (κ1) is 21.8. The van der Waals surface area contributed by atoms with Gasteiger partial charge < -0.3 is 15.7 Å². The number of aliphatic hydroxyl groups is 1. The molecule has 33 heavy (non-hydrogen) atoms. The monoisotopic (exact) mass is 445 g/mol. The number of aryl methyl sites for hydroxylation is 1. The SMILES string of the molecule is Cc1ccc2ncnc(NCC(=O)NC3CN(C4CCC(O)(c5ccccc5)CC4)C3)c2c1. The molecule has 1 saturated heterocycles. The molecule has 0 radical (unpaired) electrons. The lowest BCUT2D eigenvalue weighted by Gasteiger charge is -2.48. The van der Waals surface area contributed by atoms with Crippen LogP contribution >= 0.6 is 0 Å². The molecule has 3 aromatic rings. The Bertz CT molecular complexity index is 1120. The number of nitrogens with one attached hydrogen (secondary N) is 2. The number of anilines is 1. The summed E-state index contributed by atoms with van der Waals surface area (Å²) in [5.41, 5.74) is 2.31. The molecule has 0 atom stereocenters. The van der Waals surface area contributed by atoms with Crippen molar-refractivity contribution >= 4 is 22.6 Å². The van der Waals surface area contributed by atoms with Crippen LogP contribution in [0, 0.1) is 6.92 Å². The van der Waals surface area contributed by atoms with Crippen molar-refractivity contribution in [2.75, 3.05) is 25.0 Å². The number of aromatic nitrogens is 2. The summed E-state index contributed by atoms with van der Waals surface area (Å²) in [6.45, 7) is 3.95. The molecule has 172 valence electrons. The quantitative estimate of drug-likeness (QED) is 0.541. The summed E-state index contributed by atoms with van der Waals surface area (Å²) >= 11 is 0. The third-order valence-corrected chi connectivity index (χ3v) is 7.09. The molecule has 1 aliphatic heterocycles. The van der Waals surface area contributed by atoms with Gasteiger partial charge in [0.1, 0.15) is 12.1 Å². The van der Waals surface area contributed by atoms with Crippen molar-refractivity contribution in [2.45, 2.75) is 50.3 Å². The molecular weight excluding hydrogens is 414 g/mol. The fourth-order valence-electron chi connectivity index (χ4n) is 5.14. The standard InChI is InChI=1S/C26H31N5O2/c1-18-7-8-23-22(13-18)25(29-17-28-23)27-14-24(32)30-20-15-31(16-20)21-9-11-26(33,12-10-21)19-5-3-2-4-6-19/h2-8,13,17,20-21,33H,9-12,14-16H2,1H3,(H,30,32)(H,27,28,29). The zero-order valence-corrected chi connectivity index (χ0v) is 19.0. The van der Waals surface area contributed by atoms with Crippen molar-refractivity contribution in [1.82, 2.24) is 20.2 Å². The topological polar surface area (TPSA) is 90.4 Å².